The van der Waals surface area contributed by atoms with Crippen molar-refractivity contribution in [1.82, 2.24) is 0 Å². The van der Waals surface area contributed by atoms with E-state index in [1.54, 1.807) is 0 Å². The van der Waals surface area contributed by atoms with Crippen LogP contribution in [0.3, 0.4) is 0 Å². The second kappa shape index (κ2) is 24.9. The Balaban J connectivity index is 0.000000597. The lowest BCUT2D eigenvalue weighted by Crippen LogP contribution is -2.30. The molecule has 0 heterocycles. The molecule has 9 N–H and O–H groups in total. The van der Waals surface area contributed by atoms with Crippen LogP contribution in [0.2, 0.25) is 0 Å². The first-order chi connectivity index (χ1) is 21.4. The Morgan fingerprint density at radius 3 is 1.64 bits per heavy atom. The average molecular weight is 632 g/mol. The molecule has 2 aromatic carbocycles. The van der Waals surface area contributed by atoms with Crippen LogP contribution >= 0.6 is 0 Å². The van der Waals surface area contributed by atoms with E-state index in [0.29, 0.717) is 31.0 Å². The van der Waals surface area contributed by atoms with Gasteiger partial charge in [-0.1, -0.05) is 73.9 Å². The van der Waals surface area contributed by atoms with E-state index in [4.69, 9.17) is 32.5 Å². The minimum Gasteiger partial charge on any atom is -0.481 e. The molecule has 0 saturated heterocycles. The van der Waals surface area contributed by atoms with Crippen LogP contribution in [-0.2, 0) is 28.7 Å². The Morgan fingerprint density at radius 2 is 1.27 bits per heavy atom. The van der Waals surface area contributed by atoms with Crippen LogP contribution in [0.25, 0.3) is 11.1 Å². The predicted octanol–water partition coefficient (Wildman–Crippen LogP) is 3.37. The number of carbonyl (C=O) groups excluding carboxylic acids is 3. The maximum Gasteiger partial charge on any atom is 0.320 e. The zero-order valence-electron chi connectivity index (χ0n) is 25.3. The maximum absolute atomic E-state index is 10.7. The number of carbonyl (C=O) groups is 6. The fraction of sp³-hybridized carbons (Fsp3) is 0.438. The lowest BCUT2D eigenvalue weighted by molar-refractivity contribution is -0.162. The van der Waals surface area contributed by atoms with Crippen LogP contribution in [0.15, 0.2) is 54.6 Å². The highest BCUT2D eigenvalue weighted by atomic mass is 16.6. The number of benzene rings is 2. The van der Waals surface area contributed by atoms with Gasteiger partial charge in [0.2, 0.25) is 0 Å². The molecule has 1 atom stereocenters. The molecule has 1 aliphatic rings. The van der Waals surface area contributed by atoms with Crippen LogP contribution in [0, 0.1) is 0 Å². The quantitative estimate of drug-likeness (QED) is 0.112. The number of aliphatic carboxylic acids is 3. The van der Waals surface area contributed by atoms with Crippen LogP contribution in [0.5, 0.6) is 0 Å². The van der Waals surface area contributed by atoms with E-state index in [9.17, 15) is 28.8 Å². The van der Waals surface area contributed by atoms with Gasteiger partial charge in [0.05, 0.1) is 25.7 Å². The molecule has 1 saturated carbocycles. The van der Waals surface area contributed by atoms with Crippen molar-refractivity contribution in [2.45, 2.75) is 82.7 Å². The van der Waals surface area contributed by atoms with Gasteiger partial charge >= 0.3 is 29.8 Å². The summed E-state index contributed by atoms with van der Waals surface area (Å²) < 4.78 is 4.15. The second-order valence-electron chi connectivity index (χ2n) is 10.0. The van der Waals surface area contributed by atoms with Crippen molar-refractivity contribution in [3.63, 3.8) is 0 Å². The van der Waals surface area contributed by atoms with Gasteiger partial charge in [-0.05, 0) is 43.4 Å². The van der Waals surface area contributed by atoms with Crippen molar-refractivity contribution >= 4 is 36.1 Å². The highest BCUT2D eigenvalue weighted by Gasteiger charge is 2.13. The second-order valence-corrected chi connectivity index (χ2v) is 10.0. The number of aldehydes is 1. The molecule has 0 radical (unpaired) electrons. The molecule has 13 heteroatoms. The molecule has 0 unspecified atom stereocenters. The van der Waals surface area contributed by atoms with Crippen LogP contribution in [0.4, 0.5) is 0 Å². The number of rotatable bonds is 12. The van der Waals surface area contributed by atoms with Gasteiger partial charge in [-0.3, -0.25) is 28.8 Å². The van der Waals surface area contributed by atoms with Crippen molar-refractivity contribution in [3.8, 4) is 11.1 Å². The number of nitrogens with two attached hydrogens (primary N) is 3. The van der Waals surface area contributed by atoms with Gasteiger partial charge < -0.3 is 37.3 Å². The van der Waals surface area contributed by atoms with Crippen LogP contribution in [-0.4, -0.2) is 70.1 Å². The molecule has 13 nitrogen and oxygen atoms in total. The third kappa shape index (κ3) is 22.7. The summed E-state index contributed by atoms with van der Waals surface area (Å²) in [6.45, 7) is 0.501. The van der Waals surface area contributed by atoms with Crippen molar-refractivity contribution in [2.24, 2.45) is 17.2 Å². The Hall–Kier alpha value is -4.46. The standard InChI is InChI=1S/C13H10O.C8H10O7.C6H13N.C5H12N2O2/c14-10-11-6-8-13(9-7-11)12-4-2-1-3-5-12;9-5(10)1-3-7(13)15-8(14)4-2-6(11)12;7-6-4-2-1-3-5-6;6-3-1-2-4(7)5(8)9/h1-10H;1-4H2,(H,9,10)(H,11,12);6H,1-5,7H2;4H,1-3,6-7H2,(H,8,9)/t;;;4-/m...0/s1. The molecule has 3 rings (SSSR count). The van der Waals surface area contributed by atoms with E-state index in [-0.39, 0.29) is 0 Å². The van der Waals surface area contributed by atoms with E-state index >= 15 is 0 Å². The number of carboxylic acids is 3. The number of ether oxygens (including phenoxy) is 1. The van der Waals surface area contributed by atoms with Gasteiger partial charge in [-0.15, -0.1) is 0 Å². The van der Waals surface area contributed by atoms with Gasteiger partial charge in [0.15, 0.2) is 0 Å². The molecule has 0 aliphatic heterocycles. The fourth-order valence-electron chi connectivity index (χ4n) is 3.63. The summed E-state index contributed by atoms with van der Waals surface area (Å²) in [5.41, 5.74) is 18.9. The summed E-state index contributed by atoms with van der Waals surface area (Å²) >= 11 is 0. The lowest BCUT2D eigenvalue weighted by Gasteiger charge is -2.15. The van der Waals surface area contributed by atoms with E-state index in [1.165, 1.54) is 37.7 Å². The SMILES string of the molecule is NC1CCCCC1.NCCC[C@H](N)C(=O)O.O=C(O)CCC(=O)OC(=O)CCC(=O)O.O=Cc1ccc(-c2ccccc2)cc1. The highest BCUT2D eigenvalue weighted by molar-refractivity contribution is 5.88. The molecular formula is C32H45N3O10. The first-order valence-corrected chi connectivity index (χ1v) is 14.6. The van der Waals surface area contributed by atoms with Gasteiger partial charge in [0.25, 0.3) is 0 Å². The monoisotopic (exact) mass is 631 g/mol. The van der Waals surface area contributed by atoms with E-state index in [1.807, 2.05) is 42.5 Å². The molecule has 0 spiro atoms. The fourth-order valence-corrected chi connectivity index (χ4v) is 3.63. The highest BCUT2D eigenvalue weighted by Crippen LogP contribution is 2.18. The van der Waals surface area contributed by atoms with Crippen LogP contribution in [0.1, 0.15) is 81.0 Å². The molecule has 45 heavy (non-hydrogen) atoms. The number of carboxylic acid groups (broad SMARTS) is 3. The topological polar surface area (TPSA) is 250 Å². The van der Waals surface area contributed by atoms with Crippen molar-refractivity contribution < 1.29 is 48.8 Å². The van der Waals surface area contributed by atoms with E-state index in [2.05, 4.69) is 16.9 Å². The predicted molar refractivity (Wildman–Crippen MR) is 167 cm³/mol. The summed E-state index contributed by atoms with van der Waals surface area (Å²) in [5, 5.41) is 24.6. The summed E-state index contributed by atoms with van der Waals surface area (Å²) in [7, 11) is 0. The molecule has 1 aliphatic carbocycles. The normalized spacial score (nSPS) is 12.7. The molecular weight excluding hydrogens is 586 g/mol. The van der Waals surface area contributed by atoms with Crippen molar-refractivity contribution in [2.75, 3.05) is 6.54 Å². The summed E-state index contributed by atoms with van der Waals surface area (Å²) in [6.07, 6.45) is 6.99. The Morgan fingerprint density at radius 1 is 0.778 bits per heavy atom. The Labute approximate surface area is 262 Å². The van der Waals surface area contributed by atoms with Gasteiger partial charge in [-0.25, -0.2) is 0 Å². The zero-order chi connectivity index (χ0) is 34.0. The first-order valence-electron chi connectivity index (χ1n) is 14.6. The molecule has 2 aromatic rings. The minimum atomic E-state index is -1.18. The third-order valence-electron chi connectivity index (χ3n) is 6.15. The Bertz CT molecular complexity index is 1140. The van der Waals surface area contributed by atoms with E-state index < -0.39 is 61.6 Å². The molecule has 0 aromatic heterocycles. The smallest absolute Gasteiger partial charge is 0.320 e. The largest absolute Gasteiger partial charge is 0.481 e. The molecule has 1 fully saturated rings. The number of esters is 2. The van der Waals surface area contributed by atoms with Gasteiger partial charge in [0, 0.05) is 11.6 Å². The molecule has 0 bridgehead atoms. The molecule has 248 valence electrons. The number of hydrogen-bond acceptors (Lipinski definition) is 10. The molecule has 0 amide bonds. The summed E-state index contributed by atoms with van der Waals surface area (Å²) in [4.78, 5) is 62.1. The van der Waals surface area contributed by atoms with Crippen molar-refractivity contribution in [1.29, 1.82) is 0 Å². The lowest BCUT2D eigenvalue weighted by atomic mass is 9.97. The zero-order valence-corrected chi connectivity index (χ0v) is 25.3. The third-order valence-corrected chi connectivity index (χ3v) is 6.15. The van der Waals surface area contributed by atoms with Crippen LogP contribution < -0.4 is 17.2 Å². The van der Waals surface area contributed by atoms with Gasteiger partial charge in [-0.2, -0.15) is 0 Å². The van der Waals surface area contributed by atoms with Gasteiger partial charge in [0.1, 0.15) is 12.3 Å². The summed E-state index contributed by atoms with van der Waals surface area (Å²) in [6, 6.07) is 17.5. The van der Waals surface area contributed by atoms with E-state index in [0.717, 1.165) is 11.8 Å². The first kappa shape index (κ1) is 40.5. The maximum atomic E-state index is 10.7. The summed E-state index contributed by atoms with van der Waals surface area (Å²) in [5.74, 6) is -5.24. The average Bonchev–Trinajstić information content (AvgIpc) is 3.03. The minimum absolute atomic E-state index is 0.409. The van der Waals surface area contributed by atoms with Crippen molar-refractivity contribution in [3.05, 3.63) is 60.2 Å². The number of hydrogen-bond donors (Lipinski definition) is 6. The Kier molecular flexibility index (Phi) is 22.5.